The maximum atomic E-state index is 12.0. The first-order chi connectivity index (χ1) is 9.82. The van der Waals surface area contributed by atoms with E-state index in [0.717, 1.165) is 29.2 Å². The fourth-order valence-electron chi connectivity index (χ4n) is 1.86. The minimum atomic E-state index is 0. The van der Waals surface area contributed by atoms with Gasteiger partial charge in [0.25, 0.3) is 0 Å². The fourth-order valence-corrected chi connectivity index (χ4v) is 2.97. The highest BCUT2D eigenvalue weighted by molar-refractivity contribution is 7.99. The Morgan fingerprint density at radius 1 is 1.41 bits per heavy atom. The van der Waals surface area contributed by atoms with Gasteiger partial charge in [0.1, 0.15) is 5.76 Å². The number of halogens is 1. The monoisotopic (exact) mass is 349 g/mol. The van der Waals surface area contributed by atoms with Crippen LogP contribution in [0.5, 0.6) is 0 Å². The topological polar surface area (TPSA) is 72.4 Å². The largest absolute Gasteiger partial charge is 0.361 e. The molecule has 1 aromatic rings. The van der Waals surface area contributed by atoms with Crippen molar-refractivity contribution in [3.63, 3.8) is 0 Å². The molecule has 0 aliphatic rings. The van der Waals surface area contributed by atoms with Gasteiger partial charge in [-0.25, -0.2) is 0 Å². The predicted molar refractivity (Wildman–Crippen MR) is 94.5 cm³/mol. The van der Waals surface area contributed by atoms with E-state index in [1.807, 2.05) is 20.9 Å². The lowest BCUT2D eigenvalue weighted by molar-refractivity contribution is -0.127. The molecule has 0 bridgehead atoms. The van der Waals surface area contributed by atoms with Gasteiger partial charge in [-0.05, 0) is 26.2 Å². The number of hydrogen-bond acceptors (Lipinski definition) is 5. The Kier molecular flexibility index (Phi) is 9.80. The molecule has 7 heteroatoms. The third-order valence-electron chi connectivity index (χ3n) is 3.73. The molecule has 1 amide bonds. The van der Waals surface area contributed by atoms with Gasteiger partial charge in [-0.2, -0.15) is 0 Å². The van der Waals surface area contributed by atoms with Gasteiger partial charge in [0.2, 0.25) is 5.91 Å². The number of hydrogen-bond donors (Lipinski definition) is 1. The van der Waals surface area contributed by atoms with Crippen LogP contribution in [0.1, 0.15) is 37.3 Å². The van der Waals surface area contributed by atoms with Gasteiger partial charge in [0.05, 0.1) is 11.4 Å². The van der Waals surface area contributed by atoms with Crippen molar-refractivity contribution in [1.29, 1.82) is 0 Å². The molecule has 2 N–H and O–H groups in total. The number of aryl methyl sites for hydroxylation is 2. The van der Waals surface area contributed by atoms with E-state index in [2.05, 4.69) is 19.0 Å². The van der Waals surface area contributed by atoms with Crippen molar-refractivity contribution in [1.82, 2.24) is 10.1 Å². The Hall–Kier alpha value is -0.720. The van der Waals surface area contributed by atoms with Crippen LogP contribution in [0.15, 0.2) is 4.52 Å². The van der Waals surface area contributed by atoms with Crippen LogP contribution in [0.2, 0.25) is 0 Å². The number of thioether (sulfide) groups is 1. The normalized spacial score (nSPS) is 12.1. The number of carbonyl (C=O) groups excluding carboxylic acids is 1. The van der Waals surface area contributed by atoms with Crippen molar-refractivity contribution in [3.8, 4) is 0 Å². The Labute approximate surface area is 143 Å². The lowest BCUT2D eigenvalue weighted by Crippen LogP contribution is -2.35. The number of amides is 1. The summed E-state index contributed by atoms with van der Waals surface area (Å²) in [6, 6.07) is 0.148. The number of rotatable bonds is 8. The molecule has 1 unspecified atom stereocenters. The summed E-state index contributed by atoms with van der Waals surface area (Å²) in [7, 11) is 1.84. The average Bonchev–Trinajstić information content (AvgIpc) is 2.75. The summed E-state index contributed by atoms with van der Waals surface area (Å²) in [5, 5.41) is 3.92. The second-order valence-electron chi connectivity index (χ2n) is 5.81. The SMILES string of the molecule is Cc1noc(C)c1CSCC(=O)N(C)CCC(N)C(C)C.Cl. The van der Waals surface area contributed by atoms with E-state index >= 15 is 0 Å². The summed E-state index contributed by atoms with van der Waals surface area (Å²) in [6.07, 6.45) is 0.842. The Balaban J connectivity index is 0.00000441. The van der Waals surface area contributed by atoms with Crippen molar-refractivity contribution in [3.05, 3.63) is 17.0 Å². The van der Waals surface area contributed by atoms with Crippen molar-refractivity contribution in [2.45, 2.75) is 45.9 Å². The number of nitrogens with zero attached hydrogens (tertiary/aromatic N) is 2. The summed E-state index contributed by atoms with van der Waals surface area (Å²) in [4.78, 5) is 13.8. The summed E-state index contributed by atoms with van der Waals surface area (Å²) < 4.78 is 5.11. The summed E-state index contributed by atoms with van der Waals surface area (Å²) >= 11 is 1.59. The van der Waals surface area contributed by atoms with Crippen LogP contribution in [0, 0.1) is 19.8 Å². The average molecular weight is 350 g/mol. The fraction of sp³-hybridized carbons (Fsp3) is 0.733. The van der Waals surface area contributed by atoms with Gasteiger partial charge in [-0.15, -0.1) is 24.2 Å². The van der Waals surface area contributed by atoms with Gasteiger partial charge >= 0.3 is 0 Å². The zero-order valence-corrected chi connectivity index (χ0v) is 15.7. The smallest absolute Gasteiger partial charge is 0.232 e. The Morgan fingerprint density at radius 2 is 2.05 bits per heavy atom. The van der Waals surface area contributed by atoms with Crippen LogP contribution in [0.4, 0.5) is 0 Å². The van der Waals surface area contributed by atoms with Gasteiger partial charge < -0.3 is 15.2 Å². The van der Waals surface area contributed by atoms with Crippen molar-refractivity contribution in [2.75, 3.05) is 19.3 Å². The van der Waals surface area contributed by atoms with E-state index in [-0.39, 0.29) is 24.4 Å². The molecular formula is C15H28ClN3O2S. The van der Waals surface area contributed by atoms with Crippen LogP contribution in [0.3, 0.4) is 0 Å². The molecule has 22 heavy (non-hydrogen) atoms. The Bertz CT molecular complexity index is 446. The highest BCUT2D eigenvalue weighted by atomic mass is 35.5. The van der Waals surface area contributed by atoms with Crippen LogP contribution >= 0.6 is 24.2 Å². The summed E-state index contributed by atoms with van der Waals surface area (Å²) in [5.41, 5.74) is 8.00. The zero-order valence-electron chi connectivity index (χ0n) is 14.1. The first-order valence-electron chi connectivity index (χ1n) is 7.32. The molecule has 1 atom stereocenters. The molecule has 0 saturated carbocycles. The van der Waals surface area contributed by atoms with E-state index in [1.165, 1.54) is 0 Å². The minimum absolute atomic E-state index is 0. The molecule has 1 aromatic heterocycles. The predicted octanol–water partition coefficient (Wildman–Crippen LogP) is 2.78. The third kappa shape index (κ3) is 6.58. The molecule has 5 nitrogen and oxygen atoms in total. The van der Waals surface area contributed by atoms with Crippen molar-refractivity contribution in [2.24, 2.45) is 11.7 Å². The van der Waals surface area contributed by atoms with E-state index in [4.69, 9.17) is 10.3 Å². The van der Waals surface area contributed by atoms with E-state index in [9.17, 15) is 4.79 Å². The van der Waals surface area contributed by atoms with Crippen molar-refractivity contribution >= 4 is 30.1 Å². The number of carbonyl (C=O) groups is 1. The molecule has 128 valence electrons. The lowest BCUT2D eigenvalue weighted by atomic mass is 10.0. The molecular weight excluding hydrogens is 322 g/mol. The third-order valence-corrected chi connectivity index (χ3v) is 4.68. The second-order valence-corrected chi connectivity index (χ2v) is 6.79. The molecule has 0 aliphatic heterocycles. The minimum Gasteiger partial charge on any atom is -0.361 e. The molecule has 1 rings (SSSR count). The Morgan fingerprint density at radius 3 is 2.55 bits per heavy atom. The molecule has 0 aromatic carbocycles. The van der Waals surface area contributed by atoms with Crippen LogP contribution in [-0.2, 0) is 10.5 Å². The quantitative estimate of drug-likeness (QED) is 0.781. The summed E-state index contributed by atoms with van der Waals surface area (Å²) in [5.74, 6) is 2.65. The molecule has 0 aliphatic carbocycles. The maximum Gasteiger partial charge on any atom is 0.232 e. The van der Waals surface area contributed by atoms with Crippen LogP contribution in [0.25, 0.3) is 0 Å². The van der Waals surface area contributed by atoms with Gasteiger partial charge in [0, 0.05) is 31.0 Å². The van der Waals surface area contributed by atoms with Crippen LogP contribution in [-0.4, -0.2) is 41.4 Å². The second kappa shape index (κ2) is 10.1. The highest BCUT2D eigenvalue weighted by Gasteiger charge is 2.14. The van der Waals surface area contributed by atoms with E-state index in [0.29, 0.717) is 18.2 Å². The zero-order chi connectivity index (χ0) is 16.0. The van der Waals surface area contributed by atoms with Crippen LogP contribution < -0.4 is 5.73 Å². The van der Waals surface area contributed by atoms with Gasteiger partial charge in [-0.1, -0.05) is 19.0 Å². The molecule has 0 fully saturated rings. The van der Waals surface area contributed by atoms with Gasteiger partial charge in [-0.3, -0.25) is 4.79 Å². The first-order valence-corrected chi connectivity index (χ1v) is 8.47. The number of nitrogens with two attached hydrogens (primary N) is 1. The van der Waals surface area contributed by atoms with E-state index in [1.54, 1.807) is 16.7 Å². The molecule has 0 radical (unpaired) electrons. The molecule has 0 spiro atoms. The van der Waals surface area contributed by atoms with E-state index < -0.39 is 0 Å². The molecule has 0 saturated heterocycles. The van der Waals surface area contributed by atoms with Gasteiger partial charge in [0.15, 0.2) is 0 Å². The summed E-state index contributed by atoms with van der Waals surface area (Å²) in [6.45, 7) is 8.74. The standard InChI is InChI=1S/C15H27N3O2S.ClH/c1-10(2)14(16)6-7-18(5)15(19)9-21-8-13-11(3)17-20-12(13)4;/h10,14H,6-9,16H2,1-5H3;1H. The van der Waals surface area contributed by atoms with Crippen molar-refractivity contribution < 1.29 is 9.32 Å². The number of aromatic nitrogens is 1. The molecule has 1 heterocycles. The lowest BCUT2D eigenvalue weighted by Gasteiger charge is -2.21. The maximum absolute atomic E-state index is 12.0. The first kappa shape index (κ1) is 21.3. The highest BCUT2D eigenvalue weighted by Crippen LogP contribution is 2.19.